The number of urea groups is 1. The Kier molecular flexibility index (Phi) is 3.90. The second kappa shape index (κ2) is 6.12. The molecule has 0 radical (unpaired) electrons. The molecule has 2 heterocycles. The maximum absolute atomic E-state index is 13.1. The summed E-state index contributed by atoms with van der Waals surface area (Å²) in [7, 11) is 0. The van der Waals surface area contributed by atoms with E-state index in [1.54, 1.807) is 11.8 Å². The number of nitrogens with zero attached hydrogens (tertiary/aromatic N) is 2. The molecule has 2 saturated heterocycles. The number of hydrogen-bond acceptors (Lipinski definition) is 3. The van der Waals surface area contributed by atoms with Crippen molar-refractivity contribution < 1.29 is 14.4 Å². The number of nitrogens with one attached hydrogen (secondary N) is 1. The van der Waals surface area contributed by atoms with Crippen LogP contribution < -0.4 is 5.32 Å². The summed E-state index contributed by atoms with van der Waals surface area (Å²) in [4.78, 5) is 40.8. The highest BCUT2D eigenvalue weighted by molar-refractivity contribution is 6.10. The summed E-state index contributed by atoms with van der Waals surface area (Å²) in [5.74, 6) is -0.556. The number of benzene rings is 2. The van der Waals surface area contributed by atoms with E-state index in [1.165, 1.54) is 0 Å². The molecule has 0 bridgehead atoms. The summed E-state index contributed by atoms with van der Waals surface area (Å²) in [5, 5.41) is 4.72. The van der Waals surface area contributed by atoms with Gasteiger partial charge in [0.25, 0.3) is 5.91 Å². The Hall–Kier alpha value is -2.89. The summed E-state index contributed by atoms with van der Waals surface area (Å²) in [6, 6.07) is 12.9. The topological polar surface area (TPSA) is 69.7 Å². The Balaban J connectivity index is 1.66. The SMILES string of the molecule is CC1(c2cccc3ccccc23)NC(=O)N(CC(=O)N2CCCC2)C1=O. The van der Waals surface area contributed by atoms with Gasteiger partial charge in [-0.3, -0.25) is 14.5 Å². The molecule has 1 N–H and O–H groups in total. The first kappa shape index (κ1) is 16.6. The van der Waals surface area contributed by atoms with Crippen molar-refractivity contribution in [3.05, 3.63) is 48.0 Å². The first-order valence-electron chi connectivity index (χ1n) is 8.91. The number of likely N-dealkylation sites (tertiary alicyclic amines) is 1. The van der Waals surface area contributed by atoms with Gasteiger partial charge in [-0.05, 0) is 36.1 Å². The fraction of sp³-hybridized carbons (Fsp3) is 0.350. The van der Waals surface area contributed by atoms with Crippen LogP contribution in [-0.2, 0) is 15.1 Å². The van der Waals surface area contributed by atoms with E-state index in [4.69, 9.17) is 0 Å². The minimum Gasteiger partial charge on any atom is -0.341 e. The standard InChI is InChI=1S/C20H21N3O3/c1-20(16-10-6-8-14-7-2-3-9-15(14)16)18(25)23(19(26)21-20)13-17(24)22-11-4-5-12-22/h2-3,6-10H,4-5,11-13H2,1H3,(H,21,26). The molecule has 134 valence electrons. The first-order valence-corrected chi connectivity index (χ1v) is 8.91. The Bertz CT molecular complexity index is 899. The lowest BCUT2D eigenvalue weighted by Gasteiger charge is -2.24. The van der Waals surface area contributed by atoms with Crippen molar-refractivity contribution in [2.45, 2.75) is 25.3 Å². The lowest BCUT2D eigenvalue weighted by molar-refractivity contribution is -0.138. The molecule has 0 aliphatic carbocycles. The van der Waals surface area contributed by atoms with E-state index in [2.05, 4.69) is 5.32 Å². The van der Waals surface area contributed by atoms with E-state index in [0.29, 0.717) is 13.1 Å². The van der Waals surface area contributed by atoms with E-state index < -0.39 is 11.6 Å². The number of fused-ring (bicyclic) bond motifs is 1. The third-order valence-corrected chi connectivity index (χ3v) is 5.36. The normalized spacial score (nSPS) is 23.0. The van der Waals surface area contributed by atoms with E-state index in [-0.39, 0.29) is 18.4 Å². The van der Waals surface area contributed by atoms with Crippen molar-refractivity contribution >= 4 is 28.6 Å². The highest BCUT2D eigenvalue weighted by Gasteiger charge is 2.50. The van der Waals surface area contributed by atoms with Crippen molar-refractivity contribution in [1.82, 2.24) is 15.1 Å². The molecule has 1 atom stereocenters. The third kappa shape index (κ3) is 2.53. The van der Waals surface area contributed by atoms with Crippen LogP contribution in [0.4, 0.5) is 4.79 Å². The number of carbonyl (C=O) groups is 3. The molecule has 0 spiro atoms. The van der Waals surface area contributed by atoms with E-state index in [0.717, 1.165) is 34.1 Å². The molecule has 4 amide bonds. The van der Waals surface area contributed by atoms with Gasteiger partial charge >= 0.3 is 6.03 Å². The quantitative estimate of drug-likeness (QED) is 0.862. The van der Waals surface area contributed by atoms with Crippen LogP contribution in [0, 0.1) is 0 Å². The van der Waals surface area contributed by atoms with Crippen molar-refractivity contribution in [3.63, 3.8) is 0 Å². The molecular weight excluding hydrogens is 330 g/mol. The fourth-order valence-corrected chi connectivity index (χ4v) is 3.89. The maximum atomic E-state index is 13.1. The van der Waals surface area contributed by atoms with E-state index in [1.807, 2.05) is 42.5 Å². The van der Waals surface area contributed by atoms with Gasteiger partial charge in [0.1, 0.15) is 12.1 Å². The molecule has 0 aromatic heterocycles. The second-order valence-electron chi connectivity index (χ2n) is 7.06. The first-order chi connectivity index (χ1) is 12.5. The zero-order chi connectivity index (χ0) is 18.3. The Morgan fingerprint density at radius 2 is 1.77 bits per heavy atom. The molecular formula is C20H21N3O3. The van der Waals surface area contributed by atoms with Gasteiger partial charge in [-0.1, -0.05) is 42.5 Å². The fourth-order valence-electron chi connectivity index (χ4n) is 3.89. The van der Waals surface area contributed by atoms with Gasteiger partial charge < -0.3 is 10.2 Å². The lowest BCUT2D eigenvalue weighted by Crippen LogP contribution is -2.44. The molecule has 2 fully saturated rings. The van der Waals surface area contributed by atoms with Crippen LogP contribution in [0.2, 0.25) is 0 Å². The average molecular weight is 351 g/mol. The summed E-state index contributed by atoms with van der Waals surface area (Å²) in [5.41, 5.74) is -0.437. The molecule has 2 aromatic rings. The monoisotopic (exact) mass is 351 g/mol. The minimum atomic E-state index is -1.18. The number of amides is 4. The molecule has 2 aliphatic rings. The average Bonchev–Trinajstić information content (AvgIpc) is 3.25. The van der Waals surface area contributed by atoms with Crippen LogP contribution >= 0.6 is 0 Å². The minimum absolute atomic E-state index is 0.173. The third-order valence-electron chi connectivity index (χ3n) is 5.36. The number of carbonyl (C=O) groups excluding carboxylic acids is 3. The van der Waals surface area contributed by atoms with Crippen molar-refractivity contribution in [2.75, 3.05) is 19.6 Å². The van der Waals surface area contributed by atoms with Gasteiger partial charge in [-0.15, -0.1) is 0 Å². The van der Waals surface area contributed by atoms with Crippen LogP contribution in [0.3, 0.4) is 0 Å². The largest absolute Gasteiger partial charge is 0.341 e. The molecule has 26 heavy (non-hydrogen) atoms. The van der Waals surface area contributed by atoms with Gasteiger partial charge in [-0.25, -0.2) is 4.79 Å². The molecule has 6 heteroatoms. The molecule has 2 aromatic carbocycles. The molecule has 2 aliphatic heterocycles. The Morgan fingerprint density at radius 3 is 2.54 bits per heavy atom. The van der Waals surface area contributed by atoms with E-state index in [9.17, 15) is 14.4 Å². The van der Waals surface area contributed by atoms with Crippen LogP contribution in [0.5, 0.6) is 0 Å². The summed E-state index contributed by atoms with van der Waals surface area (Å²) >= 11 is 0. The maximum Gasteiger partial charge on any atom is 0.325 e. The van der Waals surface area contributed by atoms with Crippen LogP contribution in [0.25, 0.3) is 10.8 Å². The van der Waals surface area contributed by atoms with Crippen LogP contribution in [-0.4, -0.2) is 47.3 Å². The predicted octanol–water partition coefficient (Wildman–Crippen LogP) is 2.23. The number of hydrogen-bond donors (Lipinski definition) is 1. The predicted molar refractivity (Wildman–Crippen MR) is 97.4 cm³/mol. The van der Waals surface area contributed by atoms with Gasteiger partial charge in [-0.2, -0.15) is 0 Å². The highest BCUT2D eigenvalue weighted by atomic mass is 16.2. The van der Waals surface area contributed by atoms with Crippen molar-refractivity contribution in [1.29, 1.82) is 0 Å². The van der Waals surface area contributed by atoms with Crippen LogP contribution in [0.1, 0.15) is 25.3 Å². The summed E-state index contributed by atoms with van der Waals surface area (Å²) in [6.45, 7) is 2.90. The Labute approximate surface area is 151 Å². The van der Waals surface area contributed by atoms with Gasteiger partial charge in [0.05, 0.1) is 0 Å². The second-order valence-corrected chi connectivity index (χ2v) is 7.06. The molecule has 6 nitrogen and oxygen atoms in total. The van der Waals surface area contributed by atoms with Crippen molar-refractivity contribution in [3.8, 4) is 0 Å². The number of imide groups is 1. The summed E-state index contributed by atoms with van der Waals surface area (Å²) < 4.78 is 0. The molecule has 1 unspecified atom stereocenters. The molecule has 4 rings (SSSR count). The lowest BCUT2D eigenvalue weighted by atomic mass is 9.88. The van der Waals surface area contributed by atoms with E-state index >= 15 is 0 Å². The van der Waals surface area contributed by atoms with Gasteiger partial charge in [0.15, 0.2) is 0 Å². The molecule has 0 saturated carbocycles. The Morgan fingerprint density at radius 1 is 1.08 bits per heavy atom. The van der Waals surface area contributed by atoms with Gasteiger partial charge in [0.2, 0.25) is 5.91 Å². The smallest absolute Gasteiger partial charge is 0.325 e. The van der Waals surface area contributed by atoms with Crippen molar-refractivity contribution in [2.24, 2.45) is 0 Å². The van der Waals surface area contributed by atoms with Gasteiger partial charge in [0, 0.05) is 13.1 Å². The zero-order valence-electron chi connectivity index (χ0n) is 14.7. The number of rotatable bonds is 3. The van der Waals surface area contributed by atoms with Crippen LogP contribution in [0.15, 0.2) is 42.5 Å². The highest BCUT2D eigenvalue weighted by Crippen LogP contribution is 2.33. The summed E-state index contributed by atoms with van der Waals surface area (Å²) in [6.07, 6.45) is 1.94. The zero-order valence-corrected chi connectivity index (χ0v) is 14.7.